The Hall–Kier alpha value is -2.11. The molecule has 0 unspecified atom stereocenters. The smallest absolute Gasteiger partial charge is 0.134 e. The average molecular weight is 258 g/mol. The fourth-order valence-corrected chi connectivity index (χ4v) is 2.37. The second kappa shape index (κ2) is 5.26. The van der Waals surface area contributed by atoms with E-state index in [1.807, 2.05) is 13.1 Å². The summed E-state index contributed by atoms with van der Waals surface area (Å²) in [5.74, 6) is 1.96. The van der Waals surface area contributed by atoms with Crippen LogP contribution in [0.3, 0.4) is 0 Å². The molecule has 1 fully saturated rings. The van der Waals surface area contributed by atoms with Crippen LogP contribution >= 0.6 is 0 Å². The van der Waals surface area contributed by atoms with Crippen LogP contribution in [0.5, 0.6) is 0 Å². The van der Waals surface area contributed by atoms with Gasteiger partial charge in [0.2, 0.25) is 0 Å². The van der Waals surface area contributed by atoms with Crippen LogP contribution < -0.4 is 9.80 Å². The molecule has 2 aromatic heterocycles. The minimum Gasteiger partial charge on any atom is -0.356 e. The molecule has 0 amide bonds. The molecular weight excluding hydrogens is 240 g/mol. The lowest BCUT2D eigenvalue weighted by Crippen LogP contribution is -2.22. The van der Waals surface area contributed by atoms with Crippen molar-refractivity contribution in [3.8, 4) is 0 Å². The minimum absolute atomic E-state index is 0.760. The van der Waals surface area contributed by atoms with E-state index in [0.29, 0.717) is 0 Å². The van der Waals surface area contributed by atoms with E-state index in [1.54, 1.807) is 12.5 Å². The number of hydrogen-bond donors (Lipinski definition) is 1. The molecule has 0 aliphatic carbocycles. The number of rotatable bonds is 4. The van der Waals surface area contributed by atoms with E-state index in [2.05, 4.69) is 36.0 Å². The lowest BCUT2D eigenvalue weighted by Gasteiger charge is -2.20. The van der Waals surface area contributed by atoms with E-state index < -0.39 is 0 Å². The molecule has 1 aliphatic heterocycles. The third-order valence-corrected chi connectivity index (χ3v) is 3.43. The summed E-state index contributed by atoms with van der Waals surface area (Å²) in [6.45, 7) is 2.96. The van der Waals surface area contributed by atoms with Gasteiger partial charge >= 0.3 is 0 Å². The van der Waals surface area contributed by atoms with Gasteiger partial charge in [-0.15, -0.1) is 0 Å². The first kappa shape index (κ1) is 12.0. The summed E-state index contributed by atoms with van der Waals surface area (Å²) in [7, 11) is 2.02. The number of nitrogens with zero attached hydrogens (tertiary/aromatic N) is 5. The van der Waals surface area contributed by atoms with Crippen molar-refractivity contribution >= 4 is 11.6 Å². The van der Waals surface area contributed by atoms with Crippen molar-refractivity contribution < 1.29 is 0 Å². The van der Waals surface area contributed by atoms with Crippen molar-refractivity contribution in [2.24, 2.45) is 0 Å². The highest BCUT2D eigenvalue weighted by molar-refractivity contribution is 5.50. The van der Waals surface area contributed by atoms with E-state index in [9.17, 15) is 0 Å². The van der Waals surface area contributed by atoms with Crippen molar-refractivity contribution in [1.29, 1.82) is 0 Å². The van der Waals surface area contributed by atoms with Gasteiger partial charge in [0.05, 0.1) is 12.2 Å². The van der Waals surface area contributed by atoms with Gasteiger partial charge in [-0.3, -0.25) is 5.10 Å². The van der Waals surface area contributed by atoms with Gasteiger partial charge in [-0.05, 0) is 18.9 Å². The highest BCUT2D eigenvalue weighted by atomic mass is 15.2. The maximum atomic E-state index is 4.37. The first-order valence-corrected chi connectivity index (χ1v) is 6.59. The van der Waals surface area contributed by atoms with Crippen LogP contribution in [0.1, 0.15) is 18.5 Å². The van der Waals surface area contributed by atoms with Gasteiger partial charge in [0.15, 0.2) is 0 Å². The third kappa shape index (κ3) is 2.67. The Morgan fingerprint density at radius 2 is 2.16 bits per heavy atom. The van der Waals surface area contributed by atoms with Crippen LogP contribution in [0.15, 0.2) is 24.7 Å². The van der Waals surface area contributed by atoms with Gasteiger partial charge in [-0.1, -0.05) is 0 Å². The molecule has 1 N–H and O–H groups in total. The van der Waals surface area contributed by atoms with E-state index in [1.165, 1.54) is 12.8 Å². The molecule has 0 aromatic carbocycles. The maximum Gasteiger partial charge on any atom is 0.134 e. The number of hydrogen-bond acceptors (Lipinski definition) is 5. The normalized spacial score (nSPS) is 14.9. The third-order valence-electron chi connectivity index (χ3n) is 3.43. The number of H-pyrrole nitrogens is 1. The number of anilines is 2. The van der Waals surface area contributed by atoms with Crippen molar-refractivity contribution in [1.82, 2.24) is 20.2 Å². The van der Waals surface area contributed by atoms with Crippen LogP contribution in [0, 0.1) is 0 Å². The van der Waals surface area contributed by atoms with Crippen molar-refractivity contribution in [2.45, 2.75) is 19.4 Å². The van der Waals surface area contributed by atoms with Crippen molar-refractivity contribution in [3.63, 3.8) is 0 Å². The standard InChI is InChI=1S/C13H18N6/c1-18(9-11-4-5-16-17-11)12-8-13(15-10-14-12)19-6-2-3-7-19/h4-5,8,10H,2-3,6-7,9H2,1H3,(H,16,17). The van der Waals surface area contributed by atoms with Crippen LogP contribution in [0.4, 0.5) is 11.6 Å². The summed E-state index contributed by atoms with van der Waals surface area (Å²) >= 11 is 0. The monoisotopic (exact) mass is 258 g/mol. The van der Waals surface area contributed by atoms with Crippen LogP contribution in [-0.4, -0.2) is 40.3 Å². The first-order chi connectivity index (χ1) is 9.33. The molecule has 1 saturated heterocycles. The summed E-state index contributed by atoms with van der Waals surface area (Å²) in [5.41, 5.74) is 1.07. The lowest BCUT2D eigenvalue weighted by molar-refractivity contribution is 0.843. The number of aromatic nitrogens is 4. The van der Waals surface area contributed by atoms with Crippen LogP contribution in [-0.2, 0) is 6.54 Å². The molecule has 3 rings (SSSR count). The van der Waals surface area contributed by atoms with E-state index in [0.717, 1.165) is 37.0 Å². The second-order valence-corrected chi connectivity index (χ2v) is 4.87. The van der Waals surface area contributed by atoms with E-state index >= 15 is 0 Å². The Morgan fingerprint density at radius 1 is 1.32 bits per heavy atom. The second-order valence-electron chi connectivity index (χ2n) is 4.87. The molecule has 0 bridgehead atoms. The number of aromatic amines is 1. The fourth-order valence-electron chi connectivity index (χ4n) is 2.37. The Labute approximate surface area is 112 Å². The number of nitrogens with one attached hydrogen (secondary N) is 1. The average Bonchev–Trinajstić information content (AvgIpc) is 3.12. The SMILES string of the molecule is CN(Cc1ccn[nH]1)c1cc(N2CCCC2)ncn1. The maximum absolute atomic E-state index is 4.37. The summed E-state index contributed by atoms with van der Waals surface area (Å²) in [6.07, 6.45) is 5.91. The van der Waals surface area contributed by atoms with Crippen molar-refractivity contribution in [3.05, 3.63) is 30.4 Å². The van der Waals surface area contributed by atoms with Gasteiger partial charge in [-0.25, -0.2) is 9.97 Å². The highest BCUT2D eigenvalue weighted by Gasteiger charge is 2.15. The van der Waals surface area contributed by atoms with E-state index in [4.69, 9.17) is 0 Å². The fraction of sp³-hybridized carbons (Fsp3) is 0.462. The Bertz CT molecular complexity index is 518. The Morgan fingerprint density at radius 3 is 2.89 bits per heavy atom. The summed E-state index contributed by atoms with van der Waals surface area (Å²) < 4.78 is 0. The summed E-state index contributed by atoms with van der Waals surface area (Å²) in [5, 5.41) is 6.92. The Kier molecular flexibility index (Phi) is 3.31. The highest BCUT2D eigenvalue weighted by Crippen LogP contribution is 2.21. The Balaban J connectivity index is 1.74. The molecule has 0 radical (unpaired) electrons. The predicted octanol–water partition coefficient (Wildman–Crippen LogP) is 1.44. The molecule has 19 heavy (non-hydrogen) atoms. The van der Waals surface area contributed by atoms with Gasteiger partial charge in [-0.2, -0.15) is 5.10 Å². The van der Waals surface area contributed by atoms with Gasteiger partial charge in [0.1, 0.15) is 18.0 Å². The lowest BCUT2D eigenvalue weighted by atomic mass is 10.4. The molecule has 3 heterocycles. The molecular formula is C13H18N6. The zero-order valence-corrected chi connectivity index (χ0v) is 11.1. The molecule has 6 nitrogen and oxygen atoms in total. The van der Waals surface area contributed by atoms with Gasteiger partial charge in [0, 0.05) is 32.4 Å². The summed E-state index contributed by atoms with van der Waals surface area (Å²) in [6, 6.07) is 4.03. The molecule has 2 aromatic rings. The largest absolute Gasteiger partial charge is 0.356 e. The first-order valence-electron chi connectivity index (χ1n) is 6.59. The van der Waals surface area contributed by atoms with E-state index in [-0.39, 0.29) is 0 Å². The predicted molar refractivity (Wildman–Crippen MR) is 74.2 cm³/mol. The molecule has 0 atom stereocenters. The zero-order valence-electron chi connectivity index (χ0n) is 11.1. The van der Waals surface area contributed by atoms with Crippen LogP contribution in [0.25, 0.3) is 0 Å². The topological polar surface area (TPSA) is 60.9 Å². The molecule has 100 valence electrons. The van der Waals surface area contributed by atoms with Gasteiger partial charge < -0.3 is 9.80 Å². The molecule has 1 aliphatic rings. The molecule has 6 heteroatoms. The minimum atomic E-state index is 0.760. The molecule has 0 saturated carbocycles. The molecule has 0 spiro atoms. The summed E-state index contributed by atoms with van der Waals surface area (Å²) in [4.78, 5) is 13.1. The van der Waals surface area contributed by atoms with Gasteiger partial charge in [0.25, 0.3) is 0 Å². The quantitative estimate of drug-likeness (QED) is 0.899. The van der Waals surface area contributed by atoms with Crippen molar-refractivity contribution in [2.75, 3.05) is 29.9 Å². The zero-order chi connectivity index (χ0) is 13.1. The van der Waals surface area contributed by atoms with Crippen LogP contribution in [0.2, 0.25) is 0 Å².